The lowest BCUT2D eigenvalue weighted by molar-refractivity contribution is 0.0945. The topological polar surface area (TPSA) is 84.2 Å². The first kappa shape index (κ1) is 19.7. The third-order valence-corrected chi connectivity index (χ3v) is 6.18. The first-order valence-electron chi connectivity index (χ1n) is 10.0. The molecular formula is C21H25N5O2S. The molecule has 1 aliphatic heterocycles. The fourth-order valence-corrected chi connectivity index (χ4v) is 4.57. The van der Waals surface area contributed by atoms with E-state index in [-0.39, 0.29) is 12.5 Å². The third-order valence-electron chi connectivity index (χ3n) is 5.16. The number of carbonyl (C=O) groups excluding carboxylic acids is 1. The normalized spacial score (nSPS) is 14.0. The molecule has 0 aliphatic carbocycles. The van der Waals surface area contributed by atoms with Crippen LogP contribution in [0.1, 0.15) is 57.7 Å². The Bertz CT molecular complexity index is 979. The van der Waals surface area contributed by atoms with Gasteiger partial charge in [0.1, 0.15) is 0 Å². The third kappa shape index (κ3) is 4.54. The maximum atomic E-state index is 12.6. The predicted molar refractivity (Wildman–Crippen MR) is 111 cm³/mol. The summed E-state index contributed by atoms with van der Waals surface area (Å²) >= 11 is 1.66. The predicted octanol–water partition coefficient (Wildman–Crippen LogP) is 3.14. The summed E-state index contributed by atoms with van der Waals surface area (Å²) in [5.74, 6) is 0.942. The number of aromatic nitrogens is 3. The second-order valence-electron chi connectivity index (χ2n) is 7.15. The monoisotopic (exact) mass is 411 g/mol. The molecule has 0 fully saturated rings. The van der Waals surface area contributed by atoms with Crippen LogP contribution in [-0.4, -0.2) is 32.5 Å². The maximum Gasteiger partial charge on any atom is 0.252 e. The summed E-state index contributed by atoms with van der Waals surface area (Å²) in [6, 6.07) is 4.27. The molecule has 7 nitrogen and oxygen atoms in total. The van der Waals surface area contributed by atoms with Crippen molar-refractivity contribution in [3.8, 4) is 0 Å². The first-order valence-corrected chi connectivity index (χ1v) is 10.9. The SMILES string of the molecule is CCc1ccc(CN2CCc3c(C(=O)NCc4nnc(CC)o4)csc3C2)nc1. The van der Waals surface area contributed by atoms with E-state index in [1.54, 1.807) is 11.3 Å². The number of carbonyl (C=O) groups is 1. The van der Waals surface area contributed by atoms with Crippen LogP contribution in [0, 0.1) is 0 Å². The van der Waals surface area contributed by atoms with Crippen molar-refractivity contribution >= 4 is 17.2 Å². The zero-order valence-electron chi connectivity index (χ0n) is 16.8. The lowest BCUT2D eigenvalue weighted by Gasteiger charge is -2.26. The number of nitrogens with zero attached hydrogens (tertiary/aromatic N) is 4. The smallest absolute Gasteiger partial charge is 0.252 e. The molecular weight excluding hydrogens is 386 g/mol. The number of nitrogens with one attached hydrogen (secondary N) is 1. The van der Waals surface area contributed by atoms with Crippen LogP contribution >= 0.6 is 11.3 Å². The number of pyridine rings is 1. The van der Waals surface area contributed by atoms with Crippen LogP contribution in [0.4, 0.5) is 0 Å². The summed E-state index contributed by atoms with van der Waals surface area (Å²) in [7, 11) is 0. The highest BCUT2D eigenvalue weighted by Gasteiger charge is 2.24. The number of fused-ring (bicyclic) bond motifs is 1. The van der Waals surface area contributed by atoms with Gasteiger partial charge in [-0.3, -0.25) is 14.7 Å². The van der Waals surface area contributed by atoms with E-state index in [2.05, 4.69) is 44.5 Å². The summed E-state index contributed by atoms with van der Waals surface area (Å²) in [4.78, 5) is 20.9. The van der Waals surface area contributed by atoms with Crippen molar-refractivity contribution in [3.63, 3.8) is 0 Å². The molecule has 1 amide bonds. The molecule has 29 heavy (non-hydrogen) atoms. The van der Waals surface area contributed by atoms with Crippen LogP contribution in [0.15, 0.2) is 28.1 Å². The number of amides is 1. The van der Waals surface area contributed by atoms with Gasteiger partial charge in [0.15, 0.2) is 0 Å². The zero-order chi connectivity index (χ0) is 20.2. The lowest BCUT2D eigenvalue weighted by atomic mass is 10.0. The van der Waals surface area contributed by atoms with E-state index in [0.29, 0.717) is 18.2 Å². The summed E-state index contributed by atoms with van der Waals surface area (Å²) < 4.78 is 5.45. The Kier molecular flexibility index (Phi) is 6.01. The minimum absolute atomic E-state index is 0.0796. The van der Waals surface area contributed by atoms with E-state index in [1.165, 1.54) is 10.4 Å². The van der Waals surface area contributed by atoms with E-state index < -0.39 is 0 Å². The molecule has 152 valence electrons. The van der Waals surface area contributed by atoms with Crippen LogP contribution in [0.25, 0.3) is 0 Å². The number of aryl methyl sites for hydroxylation is 2. The Balaban J connectivity index is 1.36. The van der Waals surface area contributed by atoms with Crippen molar-refractivity contribution in [2.45, 2.75) is 52.7 Å². The molecule has 3 aromatic rings. The van der Waals surface area contributed by atoms with Crippen molar-refractivity contribution < 1.29 is 9.21 Å². The molecule has 4 heterocycles. The fourth-order valence-electron chi connectivity index (χ4n) is 3.45. The van der Waals surface area contributed by atoms with E-state index >= 15 is 0 Å². The molecule has 0 aromatic carbocycles. The molecule has 0 unspecified atom stereocenters. The second kappa shape index (κ2) is 8.84. The van der Waals surface area contributed by atoms with Gasteiger partial charge in [0, 0.05) is 42.5 Å². The number of rotatable bonds is 7. The molecule has 0 saturated heterocycles. The second-order valence-corrected chi connectivity index (χ2v) is 8.11. The average Bonchev–Trinajstić information content (AvgIpc) is 3.39. The van der Waals surface area contributed by atoms with Crippen LogP contribution in [0.3, 0.4) is 0 Å². The van der Waals surface area contributed by atoms with Gasteiger partial charge >= 0.3 is 0 Å². The Labute approximate surface area is 174 Å². The maximum absolute atomic E-state index is 12.6. The standard InChI is InChI=1S/C21H25N5O2S/c1-3-14-5-6-15(22-9-14)11-26-8-7-16-17(13-29-18(16)12-26)21(27)23-10-20-25-24-19(4-2)28-20/h5-6,9,13H,3-4,7-8,10-12H2,1-2H3,(H,23,27). The summed E-state index contributed by atoms with van der Waals surface area (Å²) in [5.41, 5.74) is 4.28. The van der Waals surface area contributed by atoms with Crippen molar-refractivity contribution in [1.82, 2.24) is 25.4 Å². The van der Waals surface area contributed by atoms with Crippen LogP contribution < -0.4 is 5.32 Å². The summed E-state index contributed by atoms with van der Waals surface area (Å²) in [6.45, 7) is 6.95. The van der Waals surface area contributed by atoms with Crippen LogP contribution in [0.2, 0.25) is 0 Å². The van der Waals surface area contributed by atoms with Gasteiger partial charge < -0.3 is 9.73 Å². The van der Waals surface area contributed by atoms with Gasteiger partial charge in [-0.05, 0) is 30.0 Å². The molecule has 0 bridgehead atoms. The molecule has 0 radical (unpaired) electrons. The van der Waals surface area contributed by atoms with E-state index in [1.807, 2.05) is 18.5 Å². The van der Waals surface area contributed by atoms with Crippen LogP contribution in [0.5, 0.6) is 0 Å². The van der Waals surface area contributed by atoms with Gasteiger partial charge in [-0.15, -0.1) is 21.5 Å². The van der Waals surface area contributed by atoms with Crippen molar-refractivity contribution in [3.05, 3.63) is 62.8 Å². The number of thiophene rings is 1. The Morgan fingerprint density at radius 2 is 2.10 bits per heavy atom. The van der Waals surface area contributed by atoms with E-state index in [4.69, 9.17) is 4.42 Å². The number of hydrogen-bond donors (Lipinski definition) is 1. The lowest BCUT2D eigenvalue weighted by Crippen LogP contribution is -2.31. The average molecular weight is 412 g/mol. The molecule has 1 aliphatic rings. The largest absolute Gasteiger partial charge is 0.423 e. The van der Waals surface area contributed by atoms with Gasteiger partial charge in [0.25, 0.3) is 5.91 Å². The fraction of sp³-hybridized carbons (Fsp3) is 0.429. The zero-order valence-corrected chi connectivity index (χ0v) is 17.6. The van der Waals surface area contributed by atoms with Gasteiger partial charge in [-0.25, -0.2) is 0 Å². The quantitative estimate of drug-likeness (QED) is 0.643. The molecule has 0 spiro atoms. The summed E-state index contributed by atoms with van der Waals surface area (Å²) in [5, 5.41) is 12.7. The minimum atomic E-state index is -0.0796. The van der Waals surface area contributed by atoms with Gasteiger partial charge in [0.2, 0.25) is 11.8 Å². The highest BCUT2D eigenvalue weighted by atomic mass is 32.1. The van der Waals surface area contributed by atoms with Gasteiger partial charge in [-0.2, -0.15) is 0 Å². The summed E-state index contributed by atoms with van der Waals surface area (Å²) in [6.07, 6.45) is 4.53. The molecule has 0 atom stereocenters. The molecule has 4 rings (SSSR count). The van der Waals surface area contributed by atoms with Gasteiger partial charge in [0.05, 0.1) is 17.8 Å². The Morgan fingerprint density at radius 1 is 1.24 bits per heavy atom. The number of hydrogen-bond acceptors (Lipinski definition) is 7. The molecule has 8 heteroatoms. The van der Waals surface area contributed by atoms with Crippen molar-refractivity contribution in [2.75, 3.05) is 6.54 Å². The van der Waals surface area contributed by atoms with E-state index in [9.17, 15) is 4.79 Å². The van der Waals surface area contributed by atoms with Crippen molar-refractivity contribution in [2.24, 2.45) is 0 Å². The first-order chi connectivity index (χ1) is 14.2. The molecule has 1 N–H and O–H groups in total. The van der Waals surface area contributed by atoms with Crippen molar-refractivity contribution in [1.29, 1.82) is 0 Å². The highest BCUT2D eigenvalue weighted by molar-refractivity contribution is 7.10. The van der Waals surface area contributed by atoms with E-state index in [0.717, 1.165) is 49.3 Å². The molecule has 3 aromatic heterocycles. The van der Waals surface area contributed by atoms with Crippen LogP contribution in [-0.2, 0) is 38.9 Å². The minimum Gasteiger partial charge on any atom is -0.423 e. The highest BCUT2D eigenvalue weighted by Crippen LogP contribution is 2.29. The Hall–Kier alpha value is -2.58. The molecule has 0 saturated carbocycles. The Morgan fingerprint density at radius 3 is 2.83 bits per heavy atom. The van der Waals surface area contributed by atoms with Gasteiger partial charge in [-0.1, -0.05) is 19.9 Å².